The maximum absolute atomic E-state index is 6.44. The van der Waals surface area contributed by atoms with Gasteiger partial charge in [0.2, 0.25) is 0 Å². The molecule has 1 aliphatic rings. The SMILES string of the molecule is CCCC1CCC(C(N)c2ccc(C)cc2)CC1. The lowest BCUT2D eigenvalue weighted by molar-refractivity contribution is 0.234. The molecule has 1 atom stereocenters. The van der Waals surface area contributed by atoms with E-state index in [0.717, 1.165) is 5.92 Å². The third-order valence-electron chi connectivity index (χ3n) is 4.56. The molecule has 0 amide bonds. The van der Waals surface area contributed by atoms with Gasteiger partial charge in [0, 0.05) is 6.04 Å². The lowest BCUT2D eigenvalue weighted by Crippen LogP contribution is -2.26. The molecular formula is C17H27N. The molecule has 0 heterocycles. The second-order valence-electron chi connectivity index (χ2n) is 6.01. The van der Waals surface area contributed by atoms with E-state index in [1.165, 1.54) is 49.7 Å². The van der Waals surface area contributed by atoms with Crippen LogP contribution in [-0.4, -0.2) is 0 Å². The van der Waals surface area contributed by atoms with Crippen LogP contribution in [0.5, 0.6) is 0 Å². The van der Waals surface area contributed by atoms with E-state index < -0.39 is 0 Å². The predicted molar refractivity (Wildman–Crippen MR) is 78.5 cm³/mol. The summed E-state index contributed by atoms with van der Waals surface area (Å²) in [5.74, 6) is 1.66. The summed E-state index contributed by atoms with van der Waals surface area (Å²) >= 11 is 0. The molecule has 0 radical (unpaired) electrons. The van der Waals surface area contributed by atoms with Gasteiger partial charge in [0.15, 0.2) is 0 Å². The Balaban J connectivity index is 1.91. The number of nitrogens with two attached hydrogens (primary N) is 1. The molecule has 100 valence electrons. The summed E-state index contributed by atoms with van der Waals surface area (Å²) in [7, 11) is 0. The van der Waals surface area contributed by atoms with E-state index in [4.69, 9.17) is 5.73 Å². The van der Waals surface area contributed by atoms with Crippen LogP contribution in [0.4, 0.5) is 0 Å². The van der Waals surface area contributed by atoms with Crippen LogP contribution in [0.15, 0.2) is 24.3 Å². The maximum atomic E-state index is 6.44. The van der Waals surface area contributed by atoms with E-state index in [0.29, 0.717) is 5.92 Å². The zero-order chi connectivity index (χ0) is 13.0. The molecule has 1 unspecified atom stereocenters. The van der Waals surface area contributed by atoms with Gasteiger partial charge in [-0.3, -0.25) is 0 Å². The zero-order valence-corrected chi connectivity index (χ0v) is 11.9. The van der Waals surface area contributed by atoms with Crippen molar-refractivity contribution in [2.45, 2.75) is 58.4 Å². The van der Waals surface area contributed by atoms with Crippen LogP contribution < -0.4 is 5.73 Å². The van der Waals surface area contributed by atoms with Crippen molar-refractivity contribution in [2.75, 3.05) is 0 Å². The highest BCUT2D eigenvalue weighted by molar-refractivity contribution is 5.24. The summed E-state index contributed by atoms with van der Waals surface area (Å²) < 4.78 is 0. The van der Waals surface area contributed by atoms with Crippen LogP contribution >= 0.6 is 0 Å². The van der Waals surface area contributed by atoms with Gasteiger partial charge < -0.3 is 5.73 Å². The Morgan fingerprint density at radius 2 is 1.72 bits per heavy atom. The summed E-state index contributed by atoms with van der Waals surface area (Å²) in [5.41, 5.74) is 9.08. The molecule has 1 heteroatoms. The highest BCUT2D eigenvalue weighted by Gasteiger charge is 2.25. The topological polar surface area (TPSA) is 26.0 Å². The summed E-state index contributed by atoms with van der Waals surface area (Å²) in [4.78, 5) is 0. The molecule has 2 N–H and O–H groups in total. The van der Waals surface area contributed by atoms with Gasteiger partial charge >= 0.3 is 0 Å². The first-order valence-corrected chi connectivity index (χ1v) is 7.53. The number of hydrogen-bond donors (Lipinski definition) is 1. The van der Waals surface area contributed by atoms with Crippen LogP contribution in [0.3, 0.4) is 0 Å². The smallest absolute Gasteiger partial charge is 0.0323 e. The molecule has 0 aliphatic heterocycles. The highest BCUT2D eigenvalue weighted by Crippen LogP contribution is 2.37. The fraction of sp³-hybridized carbons (Fsp3) is 0.647. The molecule has 0 bridgehead atoms. The van der Waals surface area contributed by atoms with Crippen LogP contribution in [0.2, 0.25) is 0 Å². The summed E-state index contributed by atoms with van der Waals surface area (Å²) in [6, 6.07) is 9.01. The lowest BCUT2D eigenvalue weighted by Gasteiger charge is -2.32. The minimum Gasteiger partial charge on any atom is -0.324 e. The molecule has 1 fully saturated rings. The summed E-state index contributed by atoms with van der Waals surface area (Å²) in [5, 5.41) is 0. The van der Waals surface area contributed by atoms with E-state index >= 15 is 0 Å². The van der Waals surface area contributed by atoms with Crippen molar-refractivity contribution < 1.29 is 0 Å². The van der Waals surface area contributed by atoms with Crippen molar-refractivity contribution in [1.82, 2.24) is 0 Å². The van der Waals surface area contributed by atoms with Crippen molar-refractivity contribution >= 4 is 0 Å². The molecule has 2 rings (SSSR count). The van der Waals surface area contributed by atoms with E-state index in [1.54, 1.807) is 0 Å². The molecular weight excluding hydrogens is 218 g/mol. The van der Waals surface area contributed by atoms with Crippen LogP contribution in [0, 0.1) is 18.8 Å². The largest absolute Gasteiger partial charge is 0.324 e. The zero-order valence-electron chi connectivity index (χ0n) is 11.9. The quantitative estimate of drug-likeness (QED) is 0.824. The molecule has 1 saturated carbocycles. The van der Waals surface area contributed by atoms with Gasteiger partial charge in [-0.2, -0.15) is 0 Å². The van der Waals surface area contributed by atoms with Crippen molar-refractivity contribution in [2.24, 2.45) is 17.6 Å². The molecule has 0 aromatic heterocycles. The molecule has 1 aromatic rings. The maximum Gasteiger partial charge on any atom is 0.0323 e. The fourth-order valence-electron chi connectivity index (χ4n) is 3.31. The standard InChI is InChI=1S/C17H27N/c1-3-4-14-7-11-16(12-8-14)17(18)15-9-5-13(2)6-10-15/h5-6,9-10,14,16-17H,3-4,7-8,11-12,18H2,1-2H3. The lowest BCUT2D eigenvalue weighted by atomic mass is 9.76. The predicted octanol–water partition coefficient (Wildman–Crippen LogP) is 4.60. The molecule has 1 aliphatic carbocycles. The van der Waals surface area contributed by atoms with E-state index in [1.807, 2.05) is 0 Å². The summed E-state index contributed by atoms with van der Waals surface area (Å²) in [6.07, 6.45) is 8.15. The van der Waals surface area contributed by atoms with Crippen LogP contribution in [-0.2, 0) is 0 Å². The molecule has 18 heavy (non-hydrogen) atoms. The normalized spacial score (nSPS) is 25.9. The van der Waals surface area contributed by atoms with Crippen LogP contribution in [0.1, 0.15) is 62.6 Å². The Morgan fingerprint density at radius 1 is 1.11 bits per heavy atom. The molecule has 1 aromatic carbocycles. The van der Waals surface area contributed by atoms with Gasteiger partial charge in [-0.1, -0.05) is 62.4 Å². The first kappa shape index (κ1) is 13.6. The minimum absolute atomic E-state index is 0.244. The number of aryl methyl sites for hydroxylation is 1. The second-order valence-corrected chi connectivity index (χ2v) is 6.01. The van der Waals surface area contributed by atoms with Crippen molar-refractivity contribution in [3.8, 4) is 0 Å². The number of hydrogen-bond acceptors (Lipinski definition) is 1. The van der Waals surface area contributed by atoms with Crippen molar-refractivity contribution in [3.63, 3.8) is 0 Å². The van der Waals surface area contributed by atoms with Gasteiger partial charge in [-0.25, -0.2) is 0 Å². The average Bonchev–Trinajstić information content (AvgIpc) is 2.40. The van der Waals surface area contributed by atoms with E-state index in [2.05, 4.69) is 38.1 Å². The monoisotopic (exact) mass is 245 g/mol. The van der Waals surface area contributed by atoms with Crippen molar-refractivity contribution in [3.05, 3.63) is 35.4 Å². The minimum atomic E-state index is 0.244. The average molecular weight is 245 g/mol. The van der Waals surface area contributed by atoms with Crippen LogP contribution in [0.25, 0.3) is 0 Å². The van der Waals surface area contributed by atoms with Gasteiger partial charge in [-0.15, -0.1) is 0 Å². The first-order valence-electron chi connectivity index (χ1n) is 7.53. The van der Waals surface area contributed by atoms with Gasteiger partial charge in [0.1, 0.15) is 0 Å². The molecule has 1 nitrogen and oxygen atoms in total. The Kier molecular flexibility index (Phi) is 4.82. The number of rotatable bonds is 4. The Labute approximate surface area is 112 Å². The third kappa shape index (κ3) is 3.35. The second kappa shape index (κ2) is 6.38. The van der Waals surface area contributed by atoms with Gasteiger partial charge in [0.05, 0.1) is 0 Å². The summed E-state index contributed by atoms with van der Waals surface area (Å²) in [6.45, 7) is 4.43. The van der Waals surface area contributed by atoms with Gasteiger partial charge in [-0.05, 0) is 37.2 Å². The van der Waals surface area contributed by atoms with Gasteiger partial charge in [0.25, 0.3) is 0 Å². The first-order chi connectivity index (χ1) is 8.70. The Hall–Kier alpha value is -0.820. The van der Waals surface area contributed by atoms with E-state index in [-0.39, 0.29) is 6.04 Å². The third-order valence-corrected chi connectivity index (χ3v) is 4.56. The van der Waals surface area contributed by atoms with E-state index in [9.17, 15) is 0 Å². The fourth-order valence-corrected chi connectivity index (χ4v) is 3.31. The Morgan fingerprint density at radius 3 is 2.28 bits per heavy atom. The van der Waals surface area contributed by atoms with Crippen molar-refractivity contribution in [1.29, 1.82) is 0 Å². The molecule has 0 saturated heterocycles. The number of benzene rings is 1. The molecule has 0 spiro atoms. The highest BCUT2D eigenvalue weighted by atomic mass is 14.7. The Bertz CT molecular complexity index is 346.